The average molecular weight is 267 g/mol. The number of ether oxygens (including phenoxy) is 2. The van der Waals surface area contributed by atoms with Crippen molar-refractivity contribution < 1.29 is 14.6 Å². The molecule has 1 aromatic carbocycles. The van der Waals surface area contributed by atoms with Crippen LogP contribution in [0.15, 0.2) is 24.3 Å². The highest BCUT2D eigenvalue weighted by molar-refractivity contribution is 5.26. The van der Waals surface area contributed by atoms with Gasteiger partial charge in [0.15, 0.2) is 0 Å². The number of aryl methyl sites for hydroxylation is 1. The van der Waals surface area contributed by atoms with Gasteiger partial charge in [-0.3, -0.25) is 0 Å². The first-order chi connectivity index (χ1) is 9.08. The lowest BCUT2D eigenvalue weighted by molar-refractivity contribution is 0.0244. The van der Waals surface area contributed by atoms with Crippen molar-refractivity contribution in [3.05, 3.63) is 29.8 Å². The van der Waals surface area contributed by atoms with Crippen LogP contribution in [0.25, 0.3) is 0 Å². The molecule has 0 unspecified atom stereocenters. The maximum Gasteiger partial charge on any atom is 0.119 e. The van der Waals surface area contributed by atoms with Gasteiger partial charge in [0.1, 0.15) is 12.4 Å². The van der Waals surface area contributed by atoms with E-state index in [1.54, 1.807) is 0 Å². The van der Waals surface area contributed by atoms with Crippen molar-refractivity contribution in [1.82, 2.24) is 5.32 Å². The molecule has 0 fully saturated rings. The smallest absolute Gasteiger partial charge is 0.119 e. The molecule has 1 atom stereocenters. The predicted octanol–water partition coefficient (Wildman–Crippen LogP) is 1.75. The van der Waals surface area contributed by atoms with Crippen LogP contribution in [0.1, 0.15) is 19.4 Å². The highest BCUT2D eigenvalue weighted by Crippen LogP contribution is 2.10. The lowest BCUT2D eigenvalue weighted by Gasteiger charge is -2.14. The Labute approximate surface area is 115 Å². The maximum atomic E-state index is 9.62. The summed E-state index contributed by atoms with van der Waals surface area (Å²) in [4.78, 5) is 0. The van der Waals surface area contributed by atoms with E-state index in [9.17, 15) is 5.11 Å². The molecule has 0 spiro atoms. The maximum absolute atomic E-state index is 9.62. The number of aliphatic hydroxyl groups is 1. The fraction of sp³-hybridized carbons (Fsp3) is 0.600. The standard InChI is InChI=1S/C15H25NO3/c1-12(2)16-10-14(17)11-18-8-9-19-15-6-4-13(3)5-7-15/h4-7,12,14,16-17H,8-11H2,1-3H3/t14-/m0/s1. The van der Waals surface area contributed by atoms with Crippen LogP contribution >= 0.6 is 0 Å². The van der Waals surface area contributed by atoms with Crippen LogP contribution in [0.4, 0.5) is 0 Å². The number of hydrogen-bond donors (Lipinski definition) is 2. The van der Waals surface area contributed by atoms with Crippen LogP contribution in [0.2, 0.25) is 0 Å². The second-order valence-corrected chi connectivity index (χ2v) is 4.95. The number of hydrogen-bond acceptors (Lipinski definition) is 4. The zero-order chi connectivity index (χ0) is 14.1. The van der Waals surface area contributed by atoms with E-state index in [0.29, 0.717) is 32.4 Å². The molecular formula is C15H25NO3. The highest BCUT2D eigenvalue weighted by Gasteiger charge is 2.04. The van der Waals surface area contributed by atoms with E-state index in [2.05, 4.69) is 5.32 Å². The summed E-state index contributed by atoms with van der Waals surface area (Å²) < 4.78 is 10.9. The number of rotatable bonds is 9. The molecule has 4 heteroatoms. The highest BCUT2D eigenvalue weighted by atomic mass is 16.5. The van der Waals surface area contributed by atoms with Gasteiger partial charge in [0.25, 0.3) is 0 Å². The van der Waals surface area contributed by atoms with Crippen LogP contribution in [-0.2, 0) is 4.74 Å². The normalized spacial score (nSPS) is 12.7. The third-order valence-electron chi connectivity index (χ3n) is 2.59. The Hall–Kier alpha value is -1.10. The molecule has 1 rings (SSSR count). The summed E-state index contributed by atoms with van der Waals surface area (Å²) >= 11 is 0. The topological polar surface area (TPSA) is 50.7 Å². The van der Waals surface area contributed by atoms with Gasteiger partial charge in [0.2, 0.25) is 0 Å². The summed E-state index contributed by atoms with van der Waals surface area (Å²) in [5.41, 5.74) is 1.21. The fourth-order valence-electron chi connectivity index (χ4n) is 1.50. The summed E-state index contributed by atoms with van der Waals surface area (Å²) in [5, 5.41) is 12.8. The van der Waals surface area contributed by atoms with Crippen LogP contribution in [0.5, 0.6) is 5.75 Å². The van der Waals surface area contributed by atoms with E-state index in [4.69, 9.17) is 9.47 Å². The monoisotopic (exact) mass is 267 g/mol. The van der Waals surface area contributed by atoms with Gasteiger partial charge in [0, 0.05) is 12.6 Å². The SMILES string of the molecule is Cc1ccc(OCCOC[C@@H](O)CNC(C)C)cc1. The second-order valence-electron chi connectivity index (χ2n) is 4.95. The Morgan fingerprint density at radius 3 is 2.47 bits per heavy atom. The van der Waals surface area contributed by atoms with E-state index >= 15 is 0 Å². The molecule has 1 aromatic rings. The average Bonchev–Trinajstić information content (AvgIpc) is 2.38. The first kappa shape index (κ1) is 16.0. The first-order valence-electron chi connectivity index (χ1n) is 6.76. The van der Waals surface area contributed by atoms with Crippen molar-refractivity contribution in [2.24, 2.45) is 0 Å². The van der Waals surface area contributed by atoms with Gasteiger partial charge in [-0.2, -0.15) is 0 Å². The van der Waals surface area contributed by atoms with Crippen molar-refractivity contribution in [3.8, 4) is 5.75 Å². The molecule has 0 aliphatic heterocycles. The van der Waals surface area contributed by atoms with Crippen molar-refractivity contribution >= 4 is 0 Å². The van der Waals surface area contributed by atoms with Gasteiger partial charge in [-0.05, 0) is 19.1 Å². The molecule has 0 heterocycles. The van der Waals surface area contributed by atoms with Crippen LogP contribution in [0, 0.1) is 6.92 Å². The Morgan fingerprint density at radius 2 is 1.84 bits per heavy atom. The largest absolute Gasteiger partial charge is 0.491 e. The second kappa shape index (κ2) is 8.91. The summed E-state index contributed by atoms with van der Waals surface area (Å²) in [6.07, 6.45) is -0.471. The van der Waals surface area contributed by atoms with Crippen molar-refractivity contribution in [3.63, 3.8) is 0 Å². The van der Waals surface area contributed by atoms with E-state index in [0.717, 1.165) is 5.75 Å². The predicted molar refractivity (Wildman–Crippen MR) is 76.6 cm³/mol. The molecule has 19 heavy (non-hydrogen) atoms. The minimum absolute atomic E-state index is 0.330. The molecular weight excluding hydrogens is 242 g/mol. The van der Waals surface area contributed by atoms with E-state index < -0.39 is 6.10 Å². The third-order valence-corrected chi connectivity index (χ3v) is 2.59. The fourth-order valence-corrected chi connectivity index (χ4v) is 1.50. The zero-order valence-corrected chi connectivity index (χ0v) is 12.1. The summed E-state index contributed by atoms with van der Waals surface area (Å²) in [7, 11) is 0. The molecule has 0 bridgehead atoms. The summed E-state index contributed by atoms with van der Waals surface area (Å²) in [6, 6.07) is 8.28. The Bertz CT molecular complexity index is 338. The lowest BCUT2D eigenvalue weighted by Crippen LogP contribution is -2.34. The molecule has 0 saturated heterocycles. The molecule has 4 nitrogen and oxygen atoms in total. The number of nitrogens with one attached hydrogen (secondary N) is 1. The van der Waals surface area contributed by atoms with E-state index in [-0.39, 0.29) is 0 Å². The van der Waals surface area contributed by atoms with E-state index in [1.807, 2.05) is 45.0 Å². The number of benzene rings is 1. The molecule has 108 valence electrons. The minimum atomic E-state index is -0.471. The summed E-state index contributed by atoms with van der Waals surface area (Å²) in [5.74, 6) is 0.844. The Kier molecular flexibility index (Phi) is 7.48. The lowest BCUT2D eigenvalue weighted by atomic mass is 10.2. The van der Waals surface area contributed by atoms with Crippen LogP contribution < -0.4 is 10.1 Å². The first-order valence-corrected chi connectivity index (χ1v) is 6.76. The van der Waals surface area contributed by atoms with Crippen molar-refractivity contribution in [2.75, 3.05) is 26.4 Å². The Balaban J connectivity index is 2.03. The van der Waals surface area contributed by atoms with Gasteiger partial charge in [-0.15, -0.1) is 0 Å². The van der Waals surface area contributed by atoms with Gasteiger partial charge in [0.05, 0.1) is 19.3 Å². The molecule has 0 aromatic heterocycles. The zero-order valence-electron chi connectivity index (χ0n) is 12.1. The quantitative estimate of drug-likeness (QED) is 0.669. The Morgan fingerprint density at radius 1 is 1.16 bits per heavy atom. The van der Waals surface area contributed by atoms with Gasteiger partial charge in [-0.1, -0.05) is 31.5 Å². The van der Waals surface area contributed by atoms with Crippen LogP contribution in [-0.4, -0.2) is 43.6 Å². The number of aliphatic hydroxyl groups excluding tert-OH is 1. The summed E-state index contributed by atoms with van der Waals surface area (Å²) in [6.45, 7) is 7.99. The molecule has 0 saturated carbocycles. The minimum Gasteiger partial charge on any atom is -0.491 e. The molecule has 2 N–H and O–H groups in total. The third kappa shape index (κ3) is 7.82. The van der Waals surface area contributed by atoms with Gasteiger partial charge in [-0.25, -0.2) is 0 Å². The molecule has 0 amide bonds. The van der Waals surface area contributed by atoms with E-state index in [1.165, 1.54) is 5.56 Å². The van der Waals surface area contributed by atoms with Crippen LogP contribution in [0.3, 0.4) is 0 Å². The van der Waals surface area contributed by atoms with Gasteiger partial charge >= 0.3 is 0 Å². The van der Waals surface area contributed by atoms with Crippen molar-refractivity contribution in [2.45, 2.75) is 32.9 Å². The van der Waals surface area contributed by atoms with Crippen molar-refractivity contribution in [1.29, 1.82) is 0 Å². The van der Waals surface area contributed by atoms with Gasteiger partial charge < -0.3 is 19.9 Å². The molecule has 0 radical (unpaired) electrons. The molecule has 0 aliphatic carbocycles. The molecule has 0 aliphatic rings.